The molecule has 0 amide bonds. The maximum Gasteiger partial charge on any atom is 0.308 e. The lowest BCUT2D eigenvalue weighted by Gasteiger charge is -2.38. The highest BCUT2D eigenvalue weighted by Gasteiger charge is 2.39. The Morgan fingerprint density at radius 3 is 2.20 bits per heavy atom. The van der Waals surface area contributed by atoms with Crippen LogP contribution in [0, 0.1) is 5.92 Å². The SMILES string of the molecule is CC(C)COC(=O)C[C@H](CC=O)O[Si](C)(C)C(C)(C)C. The molecule has 0 aliphatic heterocycles. The molecule has 0 aliphatic carbocycles. The van der Waals surface area contributed by atoms with Crippen LogP contribution in [0.1, 0.15) is 47.5 Å². The van der Waals surface area contributed by atoms with Crippen LogP contribution in [0.15, 0.2) is 0 Å². The molecular formula is C15H30O4Si. The normalized spacial score (nSPS) is 14.2. The first-order valence-electron chi connectivity index (χ1n) is 7.26. The fraction of sp³-hybridized carbons (Fsp3) is 0.867. The minimum absolute atomic E-state index is 0.0516. The van der Waals surface area contributed by atoms with Gasteiger partial charge >= 0.3 is 5.97 Å². The van der Waals surface area contributed by atoms with Gasteiger partial charge in [0.15, 0.2) is 8.32 Å². The van der Waals surface area contributed by atoms with Gasteiger partial charge in [0.25, 0.3) is 0 Å². The zero-order valence-corrected chi connectivity index (χ0v) is 15.0. The number of carbonyl (C=O) groups excluding carboxylic acids is 2. The maximum atomic E-state index is 11.8. The second-order valence-electron chi connectivity index (χ2n) is 7.18. The van der Waals surface area contributed by atoms with Crippen LogP contribution >= 0.6 is 0 Å². The van der Waals surface area contributed by atoms with Gasteiger partial charge in [0.2, 0.25) is 0 Å². The number of hydrogen-bond donors (Lipinski definition) is 0. The van der Waals surface area contributed by atoms with Gasteiger partial charge in [-0.1, -0.05) is 34.6 Å². The number of esters is 1. The predicted octanol–water partition coefficient (Wildman–Crippen LogP) is 3.56. The summed E-state index contributed by atoms with van der Waals surface area (Å²) >= 11 is 0. The maximum absolute atomic E-state index is 11.8. The van der Waals surface area contributed by atoms with E-state index in [2.05, 4.69) is 33.9 Å². The molecular weight excluding hydrogens is 272 g/mol. The van der Waals surface area contributed by atoms with Crippen molar-refractivity contribution in [1.29, 1.82) is 0 Å². The largest absolute Gasteiger partial charge is 0.465 e. The second-order valence-corrected chi connectivity index (χ2v) is 11.9. The quantitative estimate of drug-likeness (QED) is 0.391. The molecule has 0 unspecified atom stereocenters. The number of hydrogen-bond acceptors (Lipinski definition) is 4. The molecule has 0 spiro atoms. The predicted molar refractivity (Wildman–Crippen MR) is 83.2 cm³/mol. The topological polar surface area (TPSA) is 52.6 Å². The Bertz CT molecular complexity index is 318. The summed E-state index contributed by atoms with van der Waals surface area (Å²) < 4.78 is 11.3. The van der Waals surface area contributed by atoms with Crippen LogP contribution in [-0.2, 0) is 18.8 Å². The third kappa shape index (κ3) is 7.19. The number of rotatable bonds is 8. The Morgan fingerprint density at radius 2 is 1.80 bits per heavy atom. The summed E-state index contributed by atoms with van der Waals surface area (Å²) in [6.07, 6.45) is 0.836. The molecule has 1 atom stereocenters. The molecule has 20 heavy (non-hydrogen) atoms. The zero-order chi connectivity index (χ0) is 16.0. The van der Waals surface area contributed by atoms with E-state index in [9.17, 15) is 9.59 Å². The van der Waals surface area contributed by atoms with E-state index < -0.39 is 8.32 Å². The zero-order valence-electron chi connectivity index (χ0n) is 14.0. The van der Waals surface area contributed by atoms with Crippen molar-refractivity contribution in [3.8, 4) is 0 Å². The first-order valence-corrected chi connectivity index (χ1v) is 10.2. The summed E-state index contributed by atoms with van der Waals surface area (Å²) in [4.78, 5) is 22.5. The van der Waals surface area contributed by atoms with Crippen molar-refractivity contribution >= 4 is 20.6 Å². The van der Waals surface area contributed by atoms with E-state index in [-0.39, 0.29) is 30.0 Å². The van der Waals surface area contributed by atoms with Gasteiger partial charge in [0, 0.05) is 6.42 Å². The highest BCUT2D eigenvalue weighted by Crippen LogP contribution is 2.37. The summed E-state index contributed by atoms with van der Waals surface area (Å²) in [7, 11) is -1.98. The summed E-state index contributed by atoms with van der Waals surface area (Å²) in [5, 5.41) is 0.0516. The molecule has 0 fully saturated rings. The highest BCUT2D eigenvalue weighted by molar-refractivity contribution is 6.74. The smallest absolute Gasteiger partial charge is 0.308 e. The average molecular weight is 302 g/mol. The van der Waals surface area contributed by atoms with E-state index in [0.717, 1.165) is 6.29 Å². The first kappa shape index (κ1) is 19.3. The van der Waals surface area contributed by atoms with Crippen molar-refractivity contribution in [1.82, 2.24) is 0 Å². The van der Waals surface area contributed by atoms with Gasteiger partial charge in [-0.2, -0.15) is 0 Å². The monoisotopic (exact) mass is 302 g/mol. The molecule has 0 heterocycles. The van der Waals surface area contributed by atoms with Gasteiger partial charge < -0.3 is 14.0 Å². The fourth-order valence-electron chi connectivity index (χ4n) is 1.38. The van der Waals surface area contributed by atoms with Gasteiger partial charge in [-0.3, -0.25) is 4.79 Å². The summed E-state index contributed by atoms with van der Waals surface area (Å²) in [5.74, 6) is 0.0223. The van der Waals surface area contributed by atoms with E-state index >= 15 is 0 Å². The molecule has 0 N–H and O–H groups in total. The Morgan fingerprint density at radius 1 is 1.25 bits per heavy atom. The minimum Gasteiger partial charge on any atom is -0.465 e. The van der Waals surface area contributed by atoms with Crippen molar-refractivity contribution in [2.24, 2.45) is 5.92 Å². The molecule has 0 aromatic carbocycles. The molecule has 118 valence electrons. The molecule has 0 saturated heterocycles. The van der Waals surface area contributed by atoms with Crippen molar-refractivity contribution in [3.05, 3.63) is 0 Å². The van der Waals surface area contributed by atoms with Gasteiger partial charge in [-0.25, -0.2) is 0 Å². The van der Waals surface area contributed by atoms with Gasteiger partial charge in [-0.15, -0.1) is 0 Å². The van der Waals surface area contributed by atoms with Gasteiger partial charge in [0.05, 0.1) is 19.1 Å². The van der Waals surface area contributed by atoms with Crippen molar-refractivity contribution in [2.45, 2.75) is 71.7 Å². The first-order chi connectivity index (χ1) is 8.99. The van der Waals surface area contributed by atoms with E-state index in [0.29, 0.717) is 12.5 Å². The standard InChI is InChI=1S/C15H30O4Si/c1-12(2)11-18-14(17)10-13(8-9-16)19-20(6,7)15(3,4)5/h9,12-13H,8,10-11H2,1-7H3/t13-/m0/s1. The Balaban J connectivity index is 4.58. The molecule has 0 aromatic rings. The molecule has 0 saturated carbocycles. The van der Waals surface area contributed by atoms with Gasteiger partial charge in [-0.05, 0) is 24.1 Å². The lowest BCUT2D eigenvalue weighted by Crippen LogP contribution is -2.44. The van der Waals surface area contributed by atoms with Crippen LogP contribution in [0.2, 0.25) is 18.1 Å². The minimum atomic E-state index is -1.98. The van der Waals surface area contributed by atoms with E-state index in [1.165, 1.54) is 0 Å². The molecule has 0 aromatic heterocycles. The molecule has 0 radical (unpaired) electrons. The summed E-state index contributed by atoms with van der Waals surface area (Å²) in [5.41, 5.74) is 0. The third-order valence-electron chi connectivity index (χ3n) is 3.60. The van der Waals surface area contributed by atoms with E-state index in [1.54, 1.807) is 0 Å². The van der Waals surface area contributed by atoms with Crippen molar-refractivity contribution in [3.63, 3.8) is 0 Å². The van der Waals surface area contributed by atoms with Crippen LogP contribution in [-0.4, -0.2) is 33.3 Å². The fourth-order valence-corrected chi connectivity index (χ4v) is 2.74. The molecule has 0 bridgehead atoms. The molecule has 0 rings (SSSR count). The Labute approximate surface area is 124 Å². The summed E-state index contributed by atoms with van der Waals surface area (Å²) in [6, 6.07) is 0. The Kier molecular flexibility index (Phi) is 7.66. The second kappa shape index (κ2) is 7.93. The number of carbonyl (C=O) groups is 2. The lowest BCUT2D eigenvalue weighted by atomic mass is 10.2. The van der Waals surface area contributed by atoms with Crippen LogP contribution in [0.5, 0.6) is 0 Å². The van der Waals surface area contributed by atoms with E-state index in [1.807, 2.05) is 13.8 Å². The highest BCUT2D eigenvalue weighted by atomic mass is 28.4. The van der Waals surface area contributed by atoms with Crippen LogP contribution in [0.4, 0.5) is 0 Å². The van der Waals surface area contributed by atoms with Crippen LogP contribution in [0.3, 0.4) is 0 Å². The summed E-state index contributed by atoms with van der Waals surface area (Å²) in [6.45, 7) is 15.0. The van der Waals surface area contributed by atoms with Gasteiger partial charge in [0.1, 0.15) is 6.29 Å². The van der Waals surface area contributed by atoms with Crippen LogP contribution < -0.4 is 0 Å². The van der Waals surface area contributed by atoms with Crippen LogP contribution in [0.25, 0.3) is 0 Å². The lowest BCUT2D eigenvalue weighted by molar-refractivity contribution is -0.146. The van der Waals surface area contributed by atoms with E-state index in [4.69, 9.17) is 9.16 Å². The average Bonchev–Trinajstić information content (AvgIpc) is 2.24. The third-order valence-corrected chi connectivity index (χ3v) is 8.13. The van der Waals surface area contributed by atoms with Crippen molar-refractivity contribution < 1.29 is 18.8 Å². The van der Waals surface area contributed by atoms with Crippen molar-refractivity contribution in [2.75, 3.05) is 6.61 Å². The molecule has 0 aliphatic rings. The molecule has 5 heteroatoms. The Hall–Kier alpha value is -0.683. The number of aldehydes is 1. The number of ether oxygens (including phenoxy) is 1. The molecule has 4 nitrogen and oxygen atoms in total.